The van der Waals surface area contributed by atoms with Crippen LogP contribution in [0.4, 0.5) is 0 Å². The molecule has 0 aliphatic heterocycles. The maximum Gasteiger partial charge on any atom is 0.335 e. The van der Waals surface area contributed by atoms with Gasteiger partial charge in [-0.05, 0) is 24.0 Å². The normalized spacial score (nSPS) is 11.6. The van der Waals surface area contributed by atoms with Crippen molar-refractivity contribution in [2.45, 2.75) is 45.4 Å². The van der Waals surface area contributed by atoms with Gasteiger partial charge in [-0.15, -0.1) is 0 Å². The van der Waals surface area contributed by atoms with Crippen LogP contribution in [0, 0.1) is 0 Å². The fourth-order valence-electron chi connectivity index (χ4n) is 1.98. The summed E-state index contributed by atoms with van der Waals surface area (Å²) in [6.45, 7) is 4.29. The van der Waals surface area contributed by atoms with Crippen molar-refractivity contribution in [3.63, 3.8) is 0 Å². The average molecular weight is 259 g/mol. The molecule has 1 rings (SSSR count). The molecule has 1 aromatic carbocycles. The zero-order chi connectivity index (χ0) is 12.0. The van der Waals surface area contributed by atoms with E-state index in [-0.39, 0.29) is 51.4 Å². The Morgan fingerprint density at radius 2 is 1.94 bits per heavy atom. The van der Waals surface area contributed by atoms with E-state index in [2.05, 4.69) is 13.8 Å². The van der Waals surface area contributed by atoms with Crippen molar-refractivity contribution in [2.24, 2.45) is 0 Å². The van der Waals surface area contributed by atoms with Gasteiger partial charge in [0.1, 0.15) is 0 Å². The summed E-state index contributed by atoms with van der Waals surface area (Å²) in [7, 11) is 0. The molecule has 0 aliphatic rings. The van der Waals surface area contributed by atoms with Gasteiger partial charge in [-0.25, -0.2) is 4.79 Å². The van der Waals surface area contributed by atoms with Crippen LogP contribution in [0.25, 0.3) is 0 Å². The molecular weight excluding hydrogens is 239 g/mol. The standard InChI is InChI=1S/C14H20O2.K/c1-3-4-5-8-11(2)12-9-6-7-10-13(12)14(15)16;/h6-7,9-11H,3-5,8H2,1-2H3,(H,15,16);. The van der Waals surface area contributed by atoms with E-state index in [4.69, 9.17) is 5.11 Å². The number of benzene rings is 1. The fourth-order valence-corrected chi connectivity index (χ4v) is 1.98. The van der Waals surface area contributed by atoms with Crippen molar-refractivity contribution < 1.29 is 9.90 Å². The molecule has 0 fully saturated rings. The van der Waals surface area contributed by atoms with Crippen molar-refractivity contribution in [1.29, 1.82) is 0 Å². The summed E-state index contributed by atoms with van der Waals surface area (Å²) in [5, 5.41) is 9.09. The van der Waals surface area contributed by atoms with Crippen molar-refractivity contribution in [2.75, 3.05) is 0 Å². The molecule has 0 spiro atoms. The second kappa shape index (κ2) is 9.28. The predicted octanol–water partition coefficient (Wildman–Crippen LogP) is 3.69. The predicted molar refractivity (Wildman–Crippen MR) is 71.7 cm³/mol. The van der Waals surface area contributed by atoms with Gasteiger partial charge in [0.25, 0.3) is 0 Å². The van der Waals surface area contributed by atoms with E-state index in [1.807, 2.05) is 12.1 Å². The van der Waals surface area contributed by atoms with E-state index in [1.54, 1.807) is 12.1 Å². The van der Waals surface area contributed by atoms with Crippen LogP contribution >= 0.6 is 0 Å². The molecule has 0 aliphatic carbocycles. The van der Waals surface area contributed by atoms with Gasteiger partial charge in [0.2, 0.25) is 0 Å². The van der Waals surface area contributed by atoms with Crippen LogP contribution in [0.1, 0.15) is 61.4 Å². The van der Waals surface area contributed by atoms with E-state index >= 15 is 0 Å². The second-order valence-corrected chi connectivity index (χ2v) is 4.29. The Morgan fingerprint density at radius 3 is 2.53 bits per heavy atom. The second-order valence-electron chi connectivity index (χ2n) is 4.29. The fraction of sp³-hybridized carbons (Fsp3) is 0.500. The molecule has 0 saturated carbocycles. The minimum absolute atomic E-state index is 0. The molecule has 1 unspecified atom stereocenters. The van der Waals surface area contributed by atoms with Crippen LogP contribution in [0.3, 0.4) is 0 Å². The van der Waals surface area contributed by atoms with Crippen molar-refractivity contribution >= 4 is 57.4 Å². The smallest absolute Gasteiger partial charge is 0.335 e. The van der Waals surface area contributed by atoms with Crippen molar-refractivity contribution in [1.82, 2.24) is 0 Å². The SMILES string of the molecule is CCCCCC(C)c1ccccc1C(=O)O.[K]. The average Bonchev–Trinajstić information content (AvgIpc) is 2.29. The van der Waals surface area contributed by atoms with E-state index in [1.165, 1.54) is 19.3 Å². The number of hydrogen-bond donors (Lipinski definition) is 1. The van der Waals surface area contributed by atoms with Crippen molar-refractivity contribution in [3.8, 4) is 0 Å². The van der Waals surface area contributed by atoms with Gasteiger partial charge >= 0.3 is 5.97 Å². The van der Waals surface area contributed by atoms with E-state index in [9.17, 15) is 4.79 Å². The van der Waals surface area contributed by atoms with Gasteiger partial charge in [0.15, 0.2) is 0 Å². The number of unbranched alkanes of at least 4 members (excludes halogenated alkanes) is 2. The molecule has 0 bridgehead atoms. The number of carboxylic acids is 1. The molecule has 17 heavy (non-hydrogen) atoms. The van der Waals surface area contributed by atoms with Gasteiger partial charge in [0, 0.05) is 51.4 Å². The van der Waals surface area contributed by atoms with Crippen LogP contribution in [-0.4, -0.2) is 62.5 Å². The largest absolute Gasteiger partial charge is 0.478 e. The summed E-state index contributed by atoms with van der Waals surface area (Å²) in [6, 6.07) is 7.32. The summed E-state index contributed by atoms with van der Waals surface area (Å²) < 4.78 is 0. The Balaban J connectivity index is 0.00000256. The third-order valence-electron chi connectivity index (χ3n) is 2.96. The molecule has 89 valence electrons. The van der Waals surface area contributed by atoms with Crippen LogP contribution in [-0.2, 0) is 0 Å². The molecule has 0 aromatic heterocycles. The molecule has 0 heterocycles. The molecule has 0 saturated heterocycles. The summed E-state index contributed by atoms with van der Waals surface area (Å²) in [5.74, 6) is -0.489. The number of rotatable bonds is 6. The van der Waals surface area contributed by atoms with E-state index < -0.39 is 5.97 Å². The number of aromatic carboxylic acids is 1. The minimum atomic E-state index is -0.821. The Kier molecular flexibility index (Phi) is 9.46. The van der Waals surface area contributed by atoms with Gasteiger partial charge in [-0.3, -0.25) is 0 Å². The summed E-state index contributed by atoms with van der Waals surface area (Å²) >= 11 is 0. The molecular formula is C14H20KO2. The van der Waals surface area contributed by atoms with Crippen LogP contribution < -0.4 is 0 Å². The molecule has 2 nitrogen and oxygen atoms in total. The first kappa shape index (κ1) is 17.3. The van der Waals surface area contributed by atoms with Crippen LogP contribution in [0.15, 0.2) is 24.3 Å². The summed E-state index contributed by atoms with van der Waals surface area (Å²) in [4.78, 5) is 11.1. The van der Waals surface area contributed by atoms with E-state index in [0.717, 1.165) is 12.0 Å². The van der Waals surface area contributed by atoms with Gasteiger partial charge in [0.05, 0.1) is 5.56 Å². The minimum Gasteiger partial charge on any atom is -0.478 e. The Hall–Kier alpha value is 0.326. The molecule has 0 amide bonds. The quantitative estimate of drug-likeness (QED) is 0.625. The van der Waals surface area contributed by atoms with Gasteiger partial charge < -0.3 is 5.11 Å². The third-order valence-corrected chi connectivity index (χ3v) is 2.96. The Bertz CT molecular complexity index is 350. The maximum absolute atomic E-state index is 11.1. The van der Waals surface area contributed by atoms with Crippen LogP contribution in [0.2, 0.25) is 0 Å². The molecule has 3 heteroatoms. The van der Waals surface area contributed by atoms with Gasteiger partial charge in [-0.2, -0.15) is 0 Å². The Labute approximate surface area is 146 Å². The maximum atomic E-state index is 11.1. The Morgan fingerprint density at radius 1 is 1.29 bits per heavy atom. The summed E-state index contributed by atoms with van der Waals surface area (Å²) in [5.41, 5.74) is 1.41. The topological polar surface area (TPSA) is 37.3 Å². The zero-order valence-electron chi connectivity index (χ0n) is 11.1. The monoisotopic (exact) mass is 259 g/mol. The number of hydrogen-bond acceptors (Lipinski definition) is 1. The summed E-state index contributed by atoms with van der Waals surface area (Å²) in [6.07, 6.45) is 4.66. The first-order valence-electron chi connectivity index (χ1n) is 5.99. The van der Waals surface area contributed by atoms with Gasteiger partial charge in [-0.1, -0.05) is 51.3 Å². The molecule has 1 N–H and O–H groups in total. The van der Waals surface area contributed by atoms with E-state index in [0.29, 0.717) is 11.5 Å². The zero-order valence-corrected chi connectivity index (χ0v) is 14.2. The molecule has 1 atom stereocenters. The van der Waals surface area contributed by atoms with Crippen LogP contribution in [0.5, 0.6) is 0 Å². The molecule has 1 radical (unpaired) electrons. The molecule has 1 aromatic rings. The first-order chi connectivity index (χ1) is 7.66. The van der Waals surface area contributed by atoms with Crippen molar-refractivity contribution in [3.05, 3.63) is 35.4 Å². The first-order valence-corrected chi connectivity index (χ1v) is 5.99. The number of carbonyl (C=O) groups is 1. The third kappa shape index (κ3) is 5.66. The number of carboxylic acid groups (broad SMARTS) is 1.